The number of anilines is 2. The van der Waals surface area contributed by atoms with E-state index in [1.165, 1.54) is 12.1 Å². The van der Waals surface area contributed by atoms with Gasteiger partial charge in [0.25, 0.3) is 5.56 Å². The lowest BCUT2D eigenvalue weighted by molar-refractivity contribution is -0.137. The first kappa shape index (κ1) is 21.2. The molecule has 1 amide bonds. The first-order valence-electron chi connectivity index (χ1n) is 9.34. The van der Waals surface area contributed by atoms with E-state index in [-0.39, 0.29) is 27.8 Å². The topological polar surface area (TPSA) is 118 Å². The van der Waals surface area contributed by atoms with Crippen LogP contribution in [0.15, 0.2) is 29.1 Å². The molecule has 31 heavy (non-hydrogen) atoms. The van der Waals surface area contributed by atoms with Gasteiger partial charge in [-0.3, -0.25) is 9.59 Å². The molecule has 4 rings (SSSR count). The van der Waals surface area contributed by atoms with Crippen LogP contribution in [0.1, 0.15) is 5.56 Å². The van der Waals surface area contributed by atoms with Gasteiger partial charge in [0.15, 0.2) is 0 Å². The zero-order valence-electron chi connectivity index (χ0n) is 16.1. The number of benzene rings is 1. The second-order valence-electron chi connectivity index (χ2n) is 6.84. The van der Waals surface area contributed by atoms with Crippen molar-refractivity contribution in [1.29, 1.82) is 0 Å². The Labute approximate surface area is 177 Å². The highest BCUT2D eigenvalue weighted by Gasteiger charge is 2.32. The highest BCUT2D eigenvalue weighted by molar-refractivity contribution is 7.19. The van der Waals surface area contributed by atoms with Crippen LogP contribution in [0.25, 0.3) is 15.5 Å². The number of hydrogen-bond donors (Lipinski definition) is 3. The first-order chi connectivity index (χ1) is 14.7. The molecule has 1 aliphatic heterocycles. The summed E-state index contributed by atoms with van der Waals surface area (Å²) < 4.78 is 41.2. The van der Waals surface area contributed by atoms with E-state index in [4.69, 9.17) is 5.73 Å². The number of amides is 1. The maximum absolute atomic E-state index is 13.4. The summed E-state index contributed by atoms with van der Waals surface area (Å²) in [5.41, 5.74) is 3.88. The van der Waals surface area contributed by atoms with Crippen LogP contribution in [0.5, 0.6) is 0 Å². The van der Waals surface area contributed by atoms with Crippen LogP contribution in [-0.4, -0.2) is 53.2 Å². The predicted octanol–water partition coefficient (Wildman–Crippen LogP) is 1.14. The summed E-state index contributed by atoms with van der Waals surface area (Å²) in [5, 5.41) is 9.86. The molecule has 4 N–H and O–H groups in total. The monoisotopic (exact) mass is 453 g/mol. The molecule has 1 saturated heterocycles. The van der Waals surface area contributed by atoms with Crippen LogP contribution in [0.3, 0.4) is 0 Å². The Hall–Kier alpha value is -3.03. The van der Waals surface area contributed by atoms with E-state index >= 15 is 0 Å². The number of fused-ring (bicyclic) bond motifs is 1. The third-order valence-electron chi connectivity index (χ3n) is 4.65. The summed E-state index contributed by atoms with van der Waals surface area (Å²) in [6, 6.07) is 4.44. The summed E-state index contributed by atoms with van der Waals surface area (Å²) in [7, 11) is 0. The minimum atomic E-state index is -4.64. The molecule has 9 nitrogen and oxygen atoms in total. The minimum Gasteiger partial charge on any atom is -0.354 e. The Morgan fingerprint density at radius 1 is 1.23 bits per heavy atom. The van der Waals surface area contributed by atoms with Gasteiger partial charge in [-0.25, -0.2) is 4.98 Å². The van der Waals surface area contributed by atoms with E-state index in [9.17, 15) is 22.8 Å². The van der Waals surface area contributed by atoms with E-state index in [1.807, 2.05) is 4.90 Å². The van der Waals surface area contributed by atoms with Crippen molar-refractivity contribution in [3.8, 4) is 10.6 Å². The van der Waals surface area contributed by atoms with Crippen molar-refractivity contribution in [2.24, 2.45) is 5.73 Å². The van der Waals surface area contributed by atoms with Crippen molar-refractivity contribution < 1.29 is 18.0 Å². The lowest BCUT2D eigenvalue weighted by Gasteiger charge is -2.27. The van der Waals surface area contributed by atoms with Crippen molar-refractivity contribution in [1.82, 2.24) is 19.9 Å². The lowest BCUT2D eigenvalue weighted by Crippen LogP contribution is -2.44. The fraction of sp³-hybridized carbons (Fsp3) is 0.333. The molecule has 1 aromatic carbocycles. The predicted molar refractivity (Wildman–Crippen MR) is 110 cm³/mol. The van der Waals surface area contributed by atoms with Crippen molar-refractivity contribution in [2.75, 3.05) is 42.9 Å². The second-order valence-corrected chi connectivity index (χ2v) is 7.80. The quantitative estimate of drug-likeness (QED) is 0.542. The highest BCUT2D eigenvalue weighted by Crippen LogP contribution is 2.36. The van der Waals surface area contributed by atoms with Crippen molar-refractivity contribution in [2.45, 2.75) is 6.18 Å². The van der Waals surface area contributed by atoms with Gasteiger partial charge in [0.2, 0.25) is 10.9 Å². The fourth-order valence-electron chi connectivity index (χ4n) is 3.17. The summed E-state index contributed by atoms with van der Waals surface area (Å²) in [4.78, 5) is 30.8. The molecule has 3 aromatic rings. The van der Waals surface area contributed by atoms with Gasteiger partial charge in [0.1, 0.15) is 10.8 Å². The van der Waals surface area contributed by atoms with E-state index in [0.717, 1.165) is 41.1 Å². The van der Waals surface area contributed by atoms with Crippen LogP contribution >= 0.6 is 11.3 Å². The number of piperazine rings is 1. The van der Waals surface area contributed by atoms with Gasteiger partial charge in [-0.1, -0.05) is 11.3 Å². The van der Waals surface area contributed by atoms with Crippen molar-refractivity contribution in [3.05, 3.63) is 40.2 Å². The summed E-state index contributed by atoms with van der Waals surface area (Å²) >= 11 is 0.989. The van der Waals surface area contributed by atoms with Crippen LogP contribution in [-0.2, 0) is 11.0 Å². The van der Waals surface area contributed by atoms with Crippen molar-refractivity contribution in [3.63, 3.8) is 0 Å². The molecule has 0 unspecified atom stereocenters. The number of alkyl halides is 3. The SMILES string of the molecule is NCC(=O)Nc1cc(-c2nn3c(=O)cc(N4CCNCC4)nc3s2)cc(C(F)(F)F)c1. The molecule has 1 aliphatic rings. The van der Waals surface area contributed by atoms with Gasteiger partial charge in [-0.05, 0) is 18.2 Å². The minimum absolute atomic E-state index is 0.0682. The third kappa shape index (κ3) is 4.52. The number of carbonyl (C=O) groups is 1. The van der Waals surface area contributed by atoms with E-state index in [0.29, 0.717) is 18.9 Å². The Bertz CT molecular complexity index is 1190. The zero-order chi connectivity index (χ0) is 22.2. The third-order valence-corrected chi connectivity index (χ3v) is 5.61. The normalized spacial score (nSPS) is 14.8. The Balaban J connectivity index is 1.78. The molecule has 0 aliphatic carbocycles. The average Bonchev–Trinajstić information content (AvgIpc) is 3.18. The number of nitrogens with one attached hydrogen (secondary N) is 2. The summed E-state index contributed by atoms with van der Waals surface area (Å²) in [6.07, 6.45) is -4.64. The number of carbonyl (C=O) groups excluding carboxylic acids is 1. The molecule has 0 radical (unpaired) electrons. The number of nitrogens with two attached hydrogens (primary N) is 1. The van der Waals surface area contributed by atoms with Crippen molar-refractivity contribution >= 4 is 33.7 Å². The van der Waals surface area contributed by atoms with E-state index < -0.39 is 23.2 Å². The van der Waals surface area contributed by atoms with Crippen LogP contribution in [0, 0.1) is 0 Å². The average molecular weight is 453 g/mol. The largest absolute Gasteiger partial charge is 0.416 e. The summed E-state index contributed by atoms with van der Waals surface area (Å²) in [5.74, 6) is -0.130. The molecule has 3 heterocycles. The molecule has 1 fully saturated rings. The molecule has 164 valence electrons. The highest BCUT2D eigenvalue weighted by atomic mass is 32.1. The van der Waals surface area contributed by atoms with Gasteiger partial charge >= 0.3 is 6.18 Å². The Morgan fingerprint density at radius 2 is 1.97 bits per heavy atom. The molecular weight excluding hydrogens is 435 g/mol. The molecule has 0 saturated carbocycles. The van der Waals surface area contributed by atoms with Crippen LogP contribution in [0.2, 0.25) is 0 Å². The molecule has 2 aromatic heterocycles. The maximum Gasteiger partial charge on any atom is 0.416 e. The standard InChI is InChI=1S/C18H18F3N7O2S/c19-18(20,21)11-5-10(6-12(7-11)24-14(29)9-22)16-26-28-15(30)8-13(25-17(28)31-16)27-3-1-23-2-4-27/h5-8,23H,1-4,9,22H2,(H,24,29). The molecule has 13 heteroatoms. The number of aromatic nitrogens is 3. The smallest absolute Gasteiger partial charge is 0.354 e. The van der Waals surface area contributed by atoms with Gasteiger partial charge in [0, 0.05) is 43.5 Å². The first-order valence-corrected chi connectivity index (χ1v) is 10.2. The van der Waals surface area contributed by atoms with E-state index in [2.05, 4.69) is 20.7 Å². The lowest BCUT2D eigenvalue weighted by atomic mass is 10.1. The Kier molecular flexibility index (Phi) is 5.64. The fourth-order valence-corrected chi connectivity index (χ4v) is 4.06. The van der Waals surface area contributed by atoms with Crippen LogP contribution in [0.4, 0.5) is 24.7 Å². The molecular formula is C18H18F3N7O2S. The van der Waals surface area contributed by atoms with Crippen LogP contribution < -0.4 is 26.8 Å². The number of rotatable bonds is 4. The molecule has 0 bridgehead atoms. The number of hydrogen-bond acceptors (Lipinski definition) is 8. The molecule has 0 atom stereocenters. The Morgan fingerprint density at radius 3 is 2.65 bits per heavy atom. The van der Waals surface area contributed by atoms with Gasteiger partial charge < -0.3 is 21.3 Å². The van der Waals surface area contributed by atoms with Gasteiger partial charge in [-0.15, -0.1) is 0 Å². The molecule has 0 spiro atoms. The van der Waals surface area contributed by atoms with Gasteiger partial charge in [-0.2, -0.15) is 22.8 Å². The zero-order valence-corrected chi connectivity index (χ0v) is 16.9. The summed E-state index contributed by atoms with van der Waals surface area (Å²) in [6.45, 7) is 2.52. The number of halogens is 3. The second kappa shape index (κ2) is 8.24. The number of nitrogens with zero attached hydrogens (tertiary/aromatic N) is 4. The van der Waals surface area contributed by atoms with E-state index in [1.54, 1.807) is 0 Å². The maximum atomic E-state index is 13.4. The van der Waals surface area contributed by atoms with Gasteiger partial charge in [0.05, 0.1) is 12.1 Å².